The molecule has 0 spiro atoms. The fraction of sp³-hybridized carbons (Fsp3) is 0.440. The molecule has 11 heteroatoms. The van der Waals surface area contributed by atoms with Crippen molar-refractivity contribution in [3.63, 3.8) is 0 Å². The minimum absolute atomic E-state index is 0.0230. The molecule has 0 saturated carbocycles. The zero-order valence-electron chi connectivity index (χ0n) is 20.1. The van der Waals surface area contributed by atoms with Gasteiger partial charge in [0.05, 0.1) is 30.6 Å². The summed E-state index contributed by atoms with van der Waals surface area (Å²) in [6.45, 7) is 4.90. The SMILES string of the molecule is Cc1ccccc1C([SH]1C[C@H](O)[C@H](n2cc(-c3cc(F)c(F)c(F)c3)nn2)[C@@H](O)[C@H]1CO)C(C)(C)O. The number of nitrogens with zero attached hydrogens (tertiary/aromatic N) is 3. The lowest BCUT2D eigenvalue weighted by atomic mass is 9.94. The van der Waals surface area contributed by atoms with Crippen LogP contribution in [0.3, 0.4) is 0 Å². The third-order valence-corrected chi connectivity index (χ3v) is 10.4. The van der Waals surface area contributed by atoms with E-state index in [0.717, 1.165) is 23.3 Å². The molecule has 7 nitrogen and oxygen atoms in total. The molecule has 6 atom stereocenters. The molecule has 2 unspecified atom stereocenters. The van der Waals surface area contributed by atoms with Crippen LogP contribution in [0.2, 0.25) is 0 Å². The molecule has 0 amide bonds. The molecule has 0 bridgehead atoms. The van der Waals surface area contributed by atoms with E-state index in [1.54, 1.807) is 13.8 Å². The Labute approximate surface area is 209 Å². The van der Waals surface area contributed by atoms with Gasteiger partial charge in [0, 0.05) is 21.8 Å². The molecule has 0 radical (unpaired) electrons. The second-order valence-corrected chi connectivity index (χ2v) is 12.3. The van der Waals surface area contributed by atoms with Crippen molar-refractivity contribution < 1.29 is 33.6 Å². The van der Waals surface area contributed by atoms with Crippen LogP contribution < -0.4 is 0 Å². The van der Waals surface area contributed by atoms with E-state index in [9.17, 15) is 33.6 Å². The van der Waals surface area contributed by atoms with Crippen LogP contribution in [0.4, 0.5) is 13.2 Å². The van der Waals surface area contributed by atoms with E-state index < -0.39 is 62.7 Å². The van der Waals surface area contributed by atoms with Gasteiger partial charge < -0.3 is 20.4 Å². The number of aliphatic hydroxyl groups is 4. The zero-order chi connectivity index (χ0) is 26.4. The van der Waals surface area contributed by atoms with Gasteiger partial charge in [0.1, 0.15) is 11.7 Å². The molecule has 3 aromatic rings. The fourth-order valence-electron chi connectivity index (χ4n) is 5.07. The molecule has 2 aromatic carbocycles. The number of aliphatic hydroxyl groups excluding tert-OH is 3. The molecule has 4 N–H and O–H groups in total. The summed E-state index contributed by atoms with van der Waals surface area (Å²) in [6.07, 6.45) is -1.06. The van der Waals surface area contributed by atoms with E-state index in [0.29, 0.717) is 0 Å². The lowest BCUT2D eigenvalue weighted by Gasteiger charge is -2.51. The molecule has 1 saturated heterocycles. The van der Waals surface area contributed by atoms with Crippen LogP contribution >= 0.6 is 10.9 Å². The number of aromatic nitrogens is 3. The second-order valence-electron chi connectivity index (χ2n) is 9.75. The summed E-state index contributed by atoms with van der Waals surface area (Å²) >= 11 is 0. The first-order valence-corrected chi connectivity index (χ1v) is 13.2. The number of halogens is 3. The van der Waals surface area contributed by atoms with Crippen molar-refractivity contribution in [1.29, 1.82) is 0 Å². The van der Waals surface area contributed by atoms with Gasteiger partial charge in [-0.25, -0.2) is 28.7 Å². The third-order valence-electron chi connectivity index (χ3n) is 6.73. The molecule has 36 heavy (non-hydrogen) atoms. The number of hydrogen-bond donors (Lipinski definition) is 5. The Morgan fingerprint density at radius 1 is 1.14 bits per heavy atom. The minimum Gasteiger partial charge on any atom is -0.395 e. The Bertz CT molecular complexity index is 1210. The predicted octanol–water partition coefficient (Wildman–Crippen LogP) is 2.82. The molecule has 196 valence electrons. The van der Waals surface area contributed by atoms with Gasteiger partial charge in [-0.1, -0.05) is 29.5 Å². The summed E-state index contributed by atoms with van der Waals surface area (Å²) in [5, 5.41) is 50.6. The van der Waals surface area contributed by atoms with Crippen LogP contribution in [0.1, 0.15) is 36.3 Å². The van der Waals surface area contributed by atoms with Crippen LogP contribution in [-0.2, 0) is 0 Å². The van der Waals surface area contributed by atoms with E-state index >= 15 is 0 Å². The fourth-order valence-corrected chi connectivity index (χ4v) is 8.82. The molecule has 4 rings (SSSR count). The Kier molecular flexibility index (Phi) is 7.50. The van der Waals surface area contributed by atoms with Gasteiger partial charge in [-0.05, 0) is 44.0 Å². The van der Waals surface area contributed by atoms with E-state index in [1.165, 1.54) is 10.9 Å². The highest BCUT2D eigenvalue weighted by Crippen LogP contribution is 2.57. The molecule has 2 heterocycles. The monoisotopic (exact) mass is 525 g/mol. The van der Waals surface area contributed by atoms with Crippen LogP contribution in [0.25, 0.3) is 11.3 Å². The topological polar surface area (TPSA) is 112 Å². The second kappa shape index (κ2) is 10.1. The third kappa shape index (κ3) is 4.90. The van der Waals surface area contributed by atoms with Gasteiger partial charge in [-0.15, -0.1) is 5.10 Å². The van der Waals surface area contributed by atoms with Crippen molar-refractivity contribution in [3.8, 4) is 11.3 Å². The average Bonchev–Trinajstić information content (AvgIpc) is 3.27. The molecule has 0 aliphatic carbocycles. The summed E-state index contributed by atoms with van der Waals surface area (Å²) < 4.78 is 41.9. The van der Waals surface area contributed by atoms with E-state index in [4.69, 9.17) is 0 Å². The summed E-state index contributed by atoms with van der Waals surface area (Å²) in [4.78, 5) is 0. The van der Waals surface area contributed by atoms with Crippen LogP contribution in [0.5, 0.6) is 0 Å². The van der Waals surface area contributed by atoms with Gasteiger partial charge in [0.25, 0.3) is 0 Å². The van der Waals surface area contributed by atoms with Crippen LogP contribution in [-0.4, -0.2) is 70.8 Å². The van der Waals surface area contributed by atoms with E-state index in [-0.39, 0.29) is 23.6 Å². The lowest BCUT2D eigenvalue weighted by Crippen LogP contribution is -2.52. The summed E-state index contributed by atoms with van der Waals surface area (Å²) in [5.41, 5.74) is 0.606. The Morgan fingerprint density at radius 3 is 2.36 bits per heavy atom. The molecular formula is C25H30F3N3O4S. The van der Waals surface area contributed by atoms with E-state index in [2.05, 4.69) is 10.3 Å². The smallest absolute Gasteiger partial charge is 0.194 e. The quantitative estimate of drug-likeness (QED) is 0.250. The molecule has 1 aliphatic rings. The van der Waals surface area contributed by atoms with Gasteiger partial charge in [-0.3, -0.25) is 0 Å². The van der Waals surface area contributed by atoms with Crippen LogP contribution in [0, 0.1) is 24.4 Å². The Balaban J connectivity index is 1.68. The highest BCUT2D eigenvalue weighted by atomic mass is 32.2. The molecule has 1 fully saturated rings. The highest BCUT2D eigenvalue weighted by Gasteiger charge is 2.48. The van der Waals surface area contributed by atoms with Crippen molar-refractivity contribution in [2.24, 2.45) is 0 Å². The van der Waals surface area contributed by atoms with Crippen molar-refractivity contribution in [2.75, 3.05) is 12.4 Å². The molecule has 1 aromatic heterocycles. The number of benzene rings is 2. The van der Waals surface area contributed by atoms with Crippen LogP contribution in [0.15, 0.2) is 42.6 Å². The standard InChI is InChI=1S/C25H30F3N3O4S/c1-13-6-4-5-7-15(13)24(25(2,3)35)36-12-19(33)22(23(34)20(36)11-32)31-10-18(29-30-31)14-8-16(26)21(28)17(27)9-14/h4-10,19-20,22-24,32-36H,11-12H2,1-3H3/t19-,20+,22-,23-,24?/m0/s1. The minimum atomic E-state index is -1.60. The normalized spacial score (nSPS) is 26.7. The molecular weight excluding hydrogens is 495 g/mol. The number of rotatable bonds is 6. The lowest BCUT2D eigenvalue weighted by molar-refractivity contribution is 0.00570. The van der Waals surface area contributed by atoms with Crippen molar-refractivity contribution in [3.05, 3.63) is 71.2 Å². The summed E-state index contributed by atoms with van der Waals surface area (Å²) in [7, 11) is -1.33. The number of hydrogen-bond acceptors (Lipinski definition) is 6. The van der Waals surface area contributed by atoms with Crippen molar-refractivity contribution in [1.82, 2.24) is 15.0 Å². The zero-order valence-corrected chi connectivity index (χ0v) is 20.9. The van der Waals surface area contributed by atoms with Gasteiger partial charge in [0.15, 0.2) is 17.5 Å². The van der Waals surface area contributed by atoms with Crippen molar-refractivity contribution in [2.45, 2.75) is 55.1 Å². The Hall–Kier alpha value is -2.44. The summed E-state index contributed by atoms with van der Waals surface area (Å²) in [5.74, 6) is -4.16. The van der Waals surface area contributed by atoms with E-state index in [1.807, 2.05) is 31.2 Å². The maximum Gasteiger partial charge on any atom is 0.194 e. The first-order chi connectivity index (χ1) is 16.9. The predicted molar refractivity (Wildman–Crippen MR) is 131 cm³/mol. The number of thiol groups is 1. The first kappa shape index (κ1) is 26.6. The first-order valence-electron chi connectivity index (χ1n) is 11.5. The summed E-state index contributed by atoms with van der Waals surface area (Å²) in [6, 6.07) is 8.15. The molecule has 1 aliphatic heterocycles. The van der Waals surface area contributed by atoms with Crippen molar-refractivity contribution >= 4 is 10.9 Å². The van der Waals surface area contributed by atoms with Gasteiger partial charge >= 0.3 is 0 Å². The number of aryl methyl sites for hydroxylation is 1. The maximum absolute atomic E-state index is 13.7. The highest BCUT2D eigenvalue weighted by molar-refractivity contribution is 8.18. The average molecular weight is 526 g/mol. The Morgan fingerprint density at radius 2 is 1.78 bits per heavy atom. The largest absolute Gasteiger partial charge is 0.395 e. The van der Waals surface area contributed by atoms with Gasteiger partial charge in [0.2, 0.25) is 0 Å². The maximum atomic E-state index is 13.7. The van der Waals surface area contributed by atoms with Gasteiger partial charge in [-0.2, -0.15) is 0 Å².